The van der Waals surface area contributed by atoms with Gasteiger partial charge in [0.05, 0.1) is 5.02 Å². The Morgan fingerprint density at radius 3 is 2.48 bits per heavy atom. The Labute approximate surface area is 140 Å². The molecule has 2 unspecified atom stereocenters. The first kappa shape index (κ1) is 17.0. The zero-order chi connectivity index (χ0) is 15.8. The summed E-state index contributed by atoms with van der Waals surface area (Å²) in [5.41, 5.74) is 6.08. The van der Waals surface area contributed by atoms with Crippen molar-refractivity contribution in [3.05, 3.63) is 28.8 Å². The van der Waals surface area contributed by atoms with Gasteiger partial charge in [-0.15, -0.1) is 0 Å². The van der Waals surface area contributed by atoms with Crippen LogP contribution in [0.4, 0.5) is 0 Å². The molecule has 0 amide bonds. The zero-order valence-electron chi connectivity index (χ0n) is 11.7. The van der Waals surface area contributed by atoms with Crippen molar-refractivity contribution >= 4 is 50.6 Å². The number of nitrogens with two attached hydrogens (primary N) is 1. The van der Waals surface area contributed by atoms with Crippen LogP contribution in [-0.4, -0.2) is 41.3 Å². The molecule has 21 heavy (non-hydrogen) atoms. The molecule has 0 spiro atoms. The van der Waals surface area contributed by atoms with Gasteiger partial charge in [0, 0.05) is 29.2 Å². The van der Waals surface area contributed by atoms with E-state index in [0.29, 0.717) is 18.7 Å². The molecule has 1 aliphatic rings. The highest BCUT2D eigenvalue weighted by Crippen LogP contribution is 2.31. The van der Waals surface area contributed by atoms with Gasteiger partial charge < -0.3 is 5.73 Å². The second kappa shape index (κ2) is 6.42. The molecule has 1 aromatic carbocycles. The Bertz CT molecular complexity index is 653. The number of halogens is 1. The summed E-state index contributed by atoms with van der Waals surface area (Å²) in [5.74, 6) is 0. The van der Waals surface area contributed by atoms with Crippen LogP contribution < -0.4 is 5.73 Å². The maximum absolute atomic E-state index is 12.8. The molecule has 4 nitrogen and oxygen atoms in total. The third-order valence-corrected chi connectivity index (χ3v) is 7.00. The van der Waals surface area contributed by atoms with Crippen molar-refractivity contribution in [2.75, 3.05) is 13.1 Å². The van der Waals surface area contributed by atoms with Crippen LogP contribution in [0.25, 0.3) is 0 Å². The fourth-order valence-electron chi connectivity index (χ4n) is 2.32. The average molecular weight is 365 g/mol. The van der Waals surface area contributed by atoms with Crippen LogP contribution in [0.2, 0.25) is 5.02 Å². The predicted octanol–water partition coefficient (Wildman–Crippen LogP) is 2.49. The minimum absolute atomic E-state index is 0.0702. The van der Waals surface area contributed by atoms with Gasteiger partial charge in [0.15, 0.2) is 0 Å². The van der Waals surface area contributed by atoms with Crippen LogP contribution in [0.5, 0.6) is 0 Å². The van der Waals surface area contributed by atoms with E-state index in [1.807, 2.05) is 13.8 Å². The molecular formula is C13H17ClN2O2S3. The zero-order valence-corrected chi connectivity index (χ0v) is 15.0. The molecule has 0 aromatic heterocycles. The van der Waals surface area contributed by atoms with E-state index in [9.17, 15) is 8.42 Å². The van der Waals surface area contributed by atoms with Gasteiger partial charge in [-0.3, -0.25) is 0 Å². The lowest BCUT2D eigenvalue weighted by Gasteiger charge is -2.33. The summed E-state index contributed by atoms with van der Waals surface area (Å²) >= 11 is 12.8. The van der Waals surface area contributed by atoms with E-state index < -0.39 is 10.0 Å². The summed E-state index contributed by atoms with van der Waals surface area (Å²) in [4.78, 5) is 0.222. The Balaban J connectivity index is 2.44. The molecule has 0 bridgehead atoms. The molecule has 2 rings (SSSR count). The van der Waals surface area contributed by atoms with E-state index in [1.54, 1.807) is 17.8 Å². The number of rotatable bonds is 3. The highest BCUT2D eigenvalue weighted by molar-refractivity contribution is 8.00. The summed E-state index contributed by atoms with van der Waals surface area (Å²) in [6, 6.07) is 4.60. The summed E-state index contributed by atoms with van der Waals surface area (Å²) in [6.45, 7) is 5.00. The van der Waals surface area contributed by atoms with Crippen molar-refractivity contribution in [2.24, 2.45) is 5.73 Å². The van der Waals surface area contributed by atoms with Crippen molar-refractivity contribution in [1.29, 1.82) is 0 Å². The molecule has 1 heterocycles. The van der Waals surface area contributed by atoms with Crippen LogP contribution in [0.1, 0.15) is 19.4 Å². The van der Waals surface area contributed by atoms with Crippen molar-refractivity contribution in [3.63, 3.8) is 0 Å². The Hall–Kier alpha value is -0.340. The minimum Gasteiger partial charge on any atom is -0.389 e. The van der Waals surface area contributed by atoms with Crippen molar-refractivity contribution in [3.8, 4) is 0 Å². The standard InChI is InChI=1S/C13H17ClN2O2S3/c1-8-6-16(7-9(2)20-8)21(17,18)12-5-10(13(15)19)3-4-11(12)14/h3-5,8-9H,6-7H2,1-2H3,(H2,15,19). The summed E-state index contributed by atoms with van der Waals surface area (Å²) in [7, 11) is -3.64. The largest absolute Gasteiger partial charge is 0.389 e. The molecule has 116 valence electrons. The summed E-state index contributed by atoms with van der Waals surface area (Å²) in [5, 5.41) is 0.690. The molecular weight excluding hydrogens is 348 g/mol. The van der Waals surface area contributed by atoms with Gasteiger partial charge in [-0.25, -0.2) is 8.42 Å². The fourth-order valence-corrected chi connectivity index (χ4v) is 6.08. The van der Waals surface area contributed by atoms with Gasteiger partial charge in [0.25, 0.3) is 0 Å². The molecule has 1 aliphatic heterocycles. The van der Waals surface area contributed by atoms with Gasteiger partial charge in [-0.2, -0.15) is 16.1 Å². The molecule has 0 radical (unpaired) electrons. The predicted molar refractivity (Wildman–Crippen MR) is 92.6 cm³/mol. The lowest BCUT2D eigenvalue weighted by molar-refractivity contribution is 0.405. The summed E-state index contributed by atoms with van der Waals surface area (Å²) < 4.78 is 27.1. The van der Waals surface area contributed by atoms with E-state index in [0.717, 1.165) is 0 Å². The first-order chi connectivity index (χ1) is 9.71. The summed E-state index contributed by atoms with van der Waals surface area (Å²) in [6.07, 6.45) is 0. The molecule has 0 aliphatic carbocycles. The van der Waals surface area contributed by atoms with Gasteiger partial charge in [0.1, 0.15) is 9.88 Å². The Morgan fingerprint density at radius 2 is 1.95 bits per heavy atom. The quantitative estimate of drug-likeness (QED) is 0.835. The van der Waals surface area contributed by atoms with Crippen LogP contribution in [0, 0.1) is 0 Å². The number of thioether (sulfide) groups is 1. The smallest absolute Gasteiger partial charge is 0.244 e. The number of thiocarbonyl (C=S) groups is 1. The molecule has 1 aromatic rings. The van der Waals surface area contributed by atoms with Crippen molar-refractivity contribution < 1.29 is 8.42 Å². The van der Waals surface area contributed by atoms with Crippen LogP contribution in [-0.2, 0) is 10.0 Å². The highest BCUT2D eigenvalue weighted by atomic mass is 35.5. The second-order valence-corrected chi connectivity index (χ2v) is 9.72. The van der Waals surface area contributed by atoms with E-state index in [4.69, 9.17) is 29.6 Å². The third-order valence-electron chi connectivity index (χ3n) is 3.22. The molecule has 0 saturated carbocycles. The third kappa shape index (κ3) is 3.71. The highest BCUT2D eigenvalue weighted by Gasteiger charge is 2.33. The number of benzene rings is 1. The Kier molecular flexibility index (Phi) is 5.20. The van der Waals surface area contributed by atoms with E-state index in [1.165, 1.54) is 16.4 Å². The number of nitrogens with zero attached hydrogens (tertiary/aromatic N) is 1. The monoisotopic (exact) mass is 364 g/mol. The first-order valence-corrected chi connectivity index (χ1v) is 9.63. The van der Waals surface area contributed by atoms with Gasteiger partial charge >= 0.3 is 0 Å². The van der Waals surface area contributed by atoms with Crippen LogP contribution in [0.15, 0.2) is 23.1 Å². The van der Waals surface area contributed by atoms with E-state index in [-0.39, 0.29) is 25.4 Å². The van der Waals surface area contributed by atoms with E-state index >= 15 is 0 Å². The van der Waals surface area contributed by atoms with Crippen LogP contribution >= 0.6 is 35.6 Å². The molecule has 2 atom stereocenters. The average Bonchev–Trinajstić information content (AvgIpc) is 2.37. The topological polar surface area (TPSA) is 63.4 Å². The van der Waals surface area contributed by atoms with Gasteiger partial charge in [0.2, 0.25) is 10.0 Å². The fraction of sp³-hybridized carbons (Fsp3) is 0.462. The maximum Gasteiger partial charge on any atom is 0.244 e. The van der Waals surface area contributed by atoms with Crippen LogP contribution in [0.3, 0.4) is 0 Å². The van der Waals surface area contributed by atoms with Gasteiger partial charge in [-0.05, 0) is 12.1 Å². The molecule has 2 N–H and O–H groups in total. The number of hydrogen-bond donors (Lipinski definition) is 1. The lowest BCUT2D eigenvalue weighted by Crippen LogP contribution is -2.44. The maximum atomic E-state index is 12.8. The van der Waals surface area contributed by atoms with Crippen molar-refractivity contribution in [1.82, 2.24) is 4.31 Å². The first-order valence-electron chi connectivity index (χ1n) is 6.46. The second-order valence-electron chi connectivity index (χ2n) is 5.09. The molecule has 8 heteroatoms. The number of sulfonamides is 1. The van der Waals surface area contributed by atoms with Gasteiger partial charge in [-0.1, -0.05) is 43.7 Å². The molecule has 1 fully saturated rings. The molecule has 1 saturated heterocycles. The normalized spacial score (nSPS) is 24.0. The minimum atomic E-state index is -3.64. The van der Waals surface area contributed by atoms with E-state index in [2.05, 4.69) is 0 Å². The number of hydrogen-bond acceptors (Lipinski definition) is 4. The Morgan fingerprint density at radius 1 is 1.38 bits per heavy atom. The SMILES string of the molecule is CC1CN(S(=O)(=O)c2cc(C(N)=S)ccc2Cl)CC(C)S1. The lowest BCUT2D eigenvalue weighted by atomic mass is 10.2. The van der Waals surface area contributed by atoms with Crippen molar-refractivity contribution in [2.45, 2.75) is 29.2 Å².